The van der Waals surface area contributed by atoms with E-state index in [1.165, 1.54) is 17.4 Å². The molecule has 0 bridgehead atoms. The Hall–Kier alpha value is -3.04. The molecule has 10 heteroatoms. The van der Waals surface area contributed by atoms with Crippen molar-refractivity contribution in [2.75, 3.05) is 11.6 Å². The molecule has 0 saturated heterocycles. The molecule has 34 heavy (non-hydrogen) atoms. The molecule has 6 nitrogen and oxygen atoms in total. The summed E-state index contributed by atoms with van der Waals surface area (Å²) in [4.78, 5) is 22.6. The summed E-state index contributed by atoms with van der Waals surface area (Å²) in [5.41, 5.74) is 2.97. The molecular formula is C24H15Cl2N3O3S2. The first-order valence-corrected chi connectivity index (χ1v) is 13.4. The lowest BCUT2D eigenvalue weighted by molar-refractivity contribution is 0.102. The number of sulfone groups is 1. The fraction of sp³-hybridized carbons (Fsp3) is 0.0417. The van der Waals surface area contributed by atoms with Crippen molar-refractivity contribution in [1.82, 2.24) is 9.97 Å². The highest BCUT2D eigenvalue weighted by Crippen LogP contribution is 2.32. The van der Waals surface area contributed by atoms with Gasteiger partial charge >= 0.3 is 0 Å². The summed E-state index contributed by atoms with van der Waals surface area (Å²) in [6.45, 7) is 0. The van der Waals surface area contributed by atoms with Gasteiger partial charge in [-0.05, 0) is 42.5 Å². The molecule has 2 heterocycles. The Kier molecular flexibility index (Phi) is 5.77. The van der Waals surface area contributed by atoms with Crippen LogP contribution in [0.5, 0.6) is 0 Å². The van der Waals surface area contributed by atoms with E-state index < -0.39 is 9.84 Å². The lowest BCUT2D eigenvalue weighted by Gasteiger charge is -2.10. The third-order valence-electron chi connectivity index (χ3n) is 5.18. The van der Waals surface area contributed by atoms with E-state index in [-0.39, 0.29) is 10.8 Å². The number of carbonyl (C=O) groups excluding carboxylic acids is 1. The quantitative estimate of drug-likeness (QED) is 0.289. The second kappa shape index (κ2) is 8.63. The normalized spacial score (nSPS) is 11.7. The summed E-state index contributed by atoms with van der Waals surface area (Å²) in [7, 11) is -3.35. The number of hydrogen-bond donors (Lipinski definition) is 1. The van der Waals surface area contributed by atoms with Crippen molar-refractivity contribution >= 4 is 76.5 Å². The molecule has 0 saturated carbocycles. The molecular weight excluding hydrogens is 513 g/mol. The molecule has 2 aromatic heterocycles. The maximum Gasteiger partial charge on any atom is 0.258 e. The summed E-state index contributed by atoms with van der Waals surface area (Å²) >= 11 is 13.4. The van der Waals surface area contributed by atoms with Crippen LogP contribution < -0.4 is 5.32 Å². The van der Waals surface area contributed by atoms with Crippen molar-refractivity contribution in [3.63, 3.8) is 0 Å². The van der Waals surface area contributed by atoms with Gasteiger partial charge in [-0.25, -0.2) is 18.4 Å². The fourth-order valence-electron chi connectivity index (χ4n) is 3.52. The number of carbonyl (C=O) groups is 1. The van der Waals surface area contributed by atoms with Crippen LogP contribution in [-0.2, 0) is 9.84 Å². The van der Waals surface area contributed by atoms with Gasteiger partial charge in [0.1, 0.15) is 0 Å². The number of para-hydroxylation sites is 1. The van der Waals surface area contributed by atoms with Gasteiger partial charge in [0, 0.05) is 17.2 Å². The highest BCUT2D eigenvalue weighted by Gasteiger charge is 2.17. The number of benzene rings is 3. The number of anilines is 1. The standard InChI is InChI=1S/C24H15Cl2N3O3S2/c1-34(31,32)14-7-9-20-22(11-14)33-24(28-20)29-23(30)16-12-21(13-6-8-17(25)18(26)10-13)27-19-5-3-2-4-15(16)19/h2-12H,1H3,(H,28,29,30). The zero-order valence-corrected chi connectivity index (χ0v) is 20.7. The van der Waals surface area contributed by atoms with Gasteiger partial charge in [-0.15, -0.1) is 0 Å². The highest BCUT2D eigenvalue weighted by atomic mass is 35.5. The molecule has 0 aliphatic rings. The Balaban J connectivity index is 1.55. The number of halogens is 2. The van der Waals surface area contributed by atoms with Crippen molar-refractivity contribution in [2.24, 2.45) is 0 Å². The van der Waals surface area contributed by atoms with E-state index in [0.717, 1.165) is 11.8 Å². The molecule has 1 amide bonds. The third-order valence-corrected chi connectivity index (χ3v) is 7.97. The van der Waals surface area contributed by atoms with Crippen LogP contribution in [0.15, 0.2) is 71.6 Å². The Labute approximate surface area is 209 Å². The molecule has 0 atom stereocenters. The number of pyridine rings is 1. The number of fused-ring (bicyclic) bond motifs is 2. The first-order chi connectivity index (χ1) is 16.2. The molecule has 3 aromatic carbocycles. The van der Waals surface area contributed by atoms with Gasteiger partial charge in [-0.1, -0.05) is 58.8 Å². The predicted octanol–water partition coefficient (Wildman–Crippen LogP) is 6.47. The fourth-order valence-corrected chi connectivity index (χ4v) is 5.44. The third kappa shape index (κ3) is 4.37. The minimum atomic E-state index is -3.35. The molecule has 0 aliphatic heterocycles. The summed E-state index contributed by atoms with van der Waals surface area (Å²) < 4.78 is 24.4. The highest BCUT2D eigenvalue weighted by molar-refractivity contribution is 7.90. The van der Waals surface area contributed by atoms with Crippen LogP contribution >= 0.6 is 34.5 Å². The van der Waals surface area contributed by atoms with Crippen LogP contribution in [0.4, 0.5) is 5.13 Å². The molecule has 0 spiro atoms. The molecule has 170 valence electrons. The van der Waals surface area contributed by atoms with E-state index in [2.05, 4.69) is 15.3 Å². The van der Waals surface area contributed by atoms with Crippen molar-refractivity contribution in [2.45, 2.75) is 4.90 Å². The van der Waals surface area contributed by atoms with E-state index in [0.29, 0.717) is 47.6 Å². The summed E-state index contributed by atoms with van der Waals surface area (Å²) in [5, 5.41) is 4.71. The maximum atomic E-state index is 13.3. The van der Waals surface area contributed by atoms with Gasteiger partial charge in [0.2, 0.25) is 0 Å². The summed E-state index contributed by atoms with van der Waals surface area (Å²) in [5.74, 6) is -0.359. The summed E-state index contributed by atoms with van der Waals surface area (Å²) in [6.07, 6.45) is 1.15. The molecule has 0 fully saturated rings. The molecule has 0 aliphatic carbocycles. The number of rotatable bonds is 4. The lowest BCUT2D eigenvalue weighted by atomic mass is 10.0. The van der Waals surface area contributed by atoms with Gasteiger partial charge in [-0.3, -0.25) is 10.1 Å². The van der Waals surface area contributed by atoms with Gasteiger partial charge in [-0.2, -0.15) is 0 Å². The van der Waals surface area contributed by atoms with Crippen LogP contribution in [0.1, 0.15) is 10.4 Å². The minimum Gasteiger partial charge on any atom is -0.298 e. The zero-order valence-electron chi connectivity index (χ0n) is 17.5. The predicted molar refractivity (Wildman–Crippen MR) is 138 cm³/mol. The van der Waals surface area contributed by atoms with Crippen LogP contribution in [0, 0.1) is 0 Å². The molecule has 5 rings (SSSR count). The smallest absolute Gasteiger partial charge is 0.258 e. The van der Waals surface area contributed by atoms with E-state index in [1.54, 1.807) is 36.4 Å². The van der Waals surface area contributed by atoms with E-state index in [4.69, 9.17) is 23.2 Å². The molecule has 1 N–H and O–H groups in total. The SMILES string of the molecule is CS(=O)(=O)c1ccc2nc(NC(=O)c3cc(-c4ccc(Cl)c(Cl)c4)nc4ccccc34)sc2c1. The average Bonchev–Trinajstić information content (AvgIpc) is 3.21. The Morgan fingerprint density at radius 2 is 1.71 bits per heavy atom. The molecule has 5 aromatic rings. The second-order valence-electron chi connectivity index (χ2n) is 7.58. The van der Waals surface area contributed by atoms with E-state index in [1.807, 2.05) is 24.3 Å². The summed E-state index contributed by atoms with van der Waals surface area (Å²) in [6, 6.07) is 18.9. The first-order valence-electron chi connectivity index (χ1n) is 9.96. The second-order valence-corrected chi connectivity index (χ2v) is 11.4. The van der Waals surface area contributed by atoms with Crippen LogP contribution in [0.2, 0.25) is 10.0 Å². The van der Waals surface area contributed by atoms with Crippen LogP contribution in [-0.4, -0.2) is 30.5 Å². The first kappa shape index (κ1) is 22.7. The largest absolute Gasteiger partial charge is 0.298 e. The van der Waals surface area contributed by atoms with Crippen molar-refractivity contribution < 1.29 is 13.2 Å². The Morgan fingerprint density at radius 3 is 2.47 bits per heavy atom. The number of thiazole rings is 1. The van der Waals surface area contributed by atoms with Crippen molar-refractivity contribution in [3.05, 3.63) is 82.3 Å². The number of amides is 1. The number of nitrogens with zero attached hydrogens (tertiary/aromatic N) is 2. The Morgan fingerprint density at radius 1 is 0.912 bits per heavy atom. The van der Waals surface area contributed by atoms with Gasteiger partial charge in [0.25, 0.3) is 5.91 Å². The van der Waals surface area contributed by atoms with Crippen LogP contribution in [0.3, 0.4) is 0 Å². The monoisotopic (exact) mass is 527 g/mol. The van der Waals surface area contributed by atoms with Crippen LogP contribution in [0.25, 0.3) is 32.4 Å². The van der Waals surface area contributed by atoms with Crippen molar-refractivity contribution in [1.29, 1.82) is 0 Å². The van der Waals surface area contributed by atoms with E-state index in [9.17, 15) is 13.2 Å². The van der Waals surface area contributed by atoms with Gasteiger partial charge < -0.3 is 0 Å². The van der Waals surface area contributed by atoms with Gasteiger partial charge in [0.15, 0.2) is 15.0 Å². The average molecular weight is 528 g/mol. The minimum absolute atomic E-state index is 0.202. The lowest BCUT2D eigenvalue weighted by Crippen LogP contribution is -2.13. The molecule has 0 radical (unpaired) electrons. The Bertz CT molecular complexity index is 1720. The topological polar surface area (TPSA) is 89.0 Å². The number of aromatic nitrogens is 2. The molecule has 0 unspecified atom stereocenters. The van der Waals surface area contributed by atoms with E-state index >= 15 is 0 Å². The maximum absolute atomic E-state index is 13.3. The van der Waals surface area contributed by atoms with Gasteiger partial charge in [0.05, 0.1) is 41.9 Å². The number of hydrogen-bond acceptors (Lipinski definition) is 6. The number of nitrogens with one attached hydrogen (secondary N) is 1. The van der Waals surface area contributed by atoms with Crippen molar-refractivity contribution in [3.8, 4) is 11.3 Å². The zero-order chi connectivity index (χ0) is 24.0.